The number of fused-ring (bicyclic) bond motifs is 1. The Labute approximate surface area is 134 Å². The van der Waals surface area contributed by atoms with Crippen molar-refractivity contribution in [3.8, 4) is 0 Å². The second-order valence-corrected chi connectivity index (χ2v) is 6.17. The molecule has 0 radical (unpaired) electrons. The molecular weight excluding hydrogens is 300 g/mol. The maximum atomic E-state index is 12.3. The van der Waals surface area contributed by atoms with Crippen LogP contribution in [0.2, 0.25) is 5.15 Å². The van der Waals surface area contributed by atoms with Gasteiger partial charge in [-0.25, -0.2) is 4.98 Å². The molecule has 1 aromatic carbocycles. The number of hydrogen-bond donors (Lipinski definition) is 2. The number of rotatable bonds is 3. The van der Waals surface area contributed by atoms with Gasteiger partial charge in [-0.05, 0) is 25.0 Å². The monoisotopic (exact) mass is 318 g/mol. The molecule has 116 valence electrons. The lowest BCUT2D eigenvalue weighted by atomic mass is 9.95. The van der Waals surface area contributed by atoms with Gasteiger partial charge in [-0.2, -0.15) is 0 Å². The first-order valence-electron chi connectivity index (χ1n) is 7.69. The largest absolute Gasteiger partial charge is 0.378 e. The van der Waals surface area contributed by atoms with E-state index in [0.29, 0.717) is 5.56 Å². The lowest BCUT2D eigenvalue weighted by Gasteiger charge is -2.24. The van der Waals surface area contributed by atoms with Crippen LogP contribution in [0.15, 0.2) is 30.3 Å². The van der Waals surface area contributed by atoms with Crippen LogP contribution >= 0.6 is 11.6 Å². The van der Waals surface area contributed by atoms with Gasteiger partial charge in [0.05, 0.1) is 5.52 Å². The molecule has 1 fully saturated rings. The van der Waals surface area contributed by atoms with Crippen molar-refractivity contribution in [1.29, 1.82) is 0 Å². The molecule has 1 aromatic heterocycles. The third-order valence-corrected chi connectivity index (χ3v) is 4.50. The van der Waals surface area contributed by atoms with E-state index in [-0.39, 0.29) is 11.2 Å². The third-order valence-electron chi connectivity index (χ3n) is 4.20. The standard InChI is InChI=1S/C17H19ClN2O2/c18-16-13(10-11-6-4-5-9-14(11)20-16)15(21)17(22)19-12-7-2-1-3-8-12/h4-6,9-10,12,15,21H,1-3,7-8H2,(H,19,22). The number of carbonyl (C=O) groups is 1. The van der Waals surface area contributed by atoms with Crippen LogP contribution in [0.4, 0.5) is 0 Å². The molecule has 0 aliphatic heterocycles. The highest BCUT2D eigenvalue weighted by molar-refractivity contribution is 6.30. The lowest BCUT2D eigenvalue weighted by molar-refractivity contribution is -0.130. The SMILES string of the molecule is O=C(NC1CCCCC1)C(O)c1cc2ccccc2nc1Cl. The summed E-state index contributed by atoms with van der Waals surface area (Å²) in [4.78, 5) is 16.5. The van der Waals surface area contributed by atoms with Crippen molar-refractivity contribution in [2.45, 2.75) is 44.2 Å². The number of amides is 1. The van der Waals surface area contributed by atoms with Crippen LogP contribution in [-0.2, 0) is 4.79 Å². The number of aliphatic hydroxyl groups is 1. The number of hydrogen-bond acceptors (Lipinski definition) is 3. The number of carbonyl (C=O) groups excluding carboxylic acids is 1. The molecule has 1 atom stereocenters. The van der Waals surface area contributed by atoms with Gasteiger partial charge in [0.25, 0.3) is 5.91 Å². The minimum absolute atomic E-state index is 0.156. The molecule has 0 saturated heterocycles. The molecule has 1 saturated carbocycles. The fraction of sp³-hybridized carbons (Fsp3) is 0.412. The molecule has 3 rings (SSSR count). The fourth-order valence-electron chi connectivity index (χ4n) is 2.97. The van der Waals surface area contributed by atoms with Crippen LogP contribution in [-0.4, -0.2) is 22.0 Å². The molecule has 1 heterocycles. The maximum Gasteiger partial charge on any atom is 0.253 e. The van der Waals surface area contributed by atoms with E-state index in [1.165, 1.54) is 6.42 Å². The third kappa shape index (κ3) is 3.23. The predicted molar refractivity (Wildman–Crippen MR) is 86.7 cm³/mol. The van der Waals surface area contributed by atoms with E-state index in [9.17, 15) is 9.90 Å². The Balaban J connectivity index is 1.79. The number of aromatic nitrogens is 1. The van der Waals surface area contributed by atoms with Gasteiger partial charge in [0.1, 0.15) is 5.15 Å². The van der Waals surface area contributed by atoms with Crippen LogP contribution in [0.1, 0.15) is 43.8 Å². The molecule has 1 aliphatic rings. The summed E-state index contributed by atoms with van der Waals surface area (Å²) < 4.78 is 0. The summed E-state index contributed by atoms with van der Waals surface area (Å²) in [7, 11) is 0. The quantitative estimate of drug-likeness (QED) is 0.853. The zero-order valence-electron chi connectivity index (χ0n) is 12.3. The number of aliphatic hydroxyl groups excluding tert-OH is 1. The Morgan fingerprint density at radius 1 is 1.27 bits per heavy atom. The molecule has 2 aromatic rings. The molecule has 1 aliphatic carbocycles. The Bertz CT molecular complexity index is 683. The van der Waals surface area contributed by atoms with Crippen LogP contribution in [0, 0.1) is 0 Å². The van der Waals surface area contributed by atoms with E-state index in [2.05, 4.69) is 10.3 Å². The van der Waals surface area contributed by atoms with Crippen molar-refractivity contribution in [1.82, 2.24) is 10.3 Å². The summed E-state index contributed by atoms with van der Waals surface area (Å²) in [5.41, 5.74) is 1.10. The average molecular weight is 319 g/mol. The van der Waals surface area contributed by atoms with Crippen LogP contribution < -0.4 is 5.32 Å². The Hall–Kier alpha value is -1.65. The first kappa shape index (κ1) is 15.3. The summed E-state index contributed by atoms with van der Waals surface area (Å²) in [5.74, 6) is -0.397. The summed E-state index contributed by atoms with van der Waals surface area (Å²) in [6.07, 6.45) is 4.13. The second kappa shape index (κ2) is 6.63. The topological polar surface area (TPSA) is 62.2 Å². The van der Waals surface area contributed by atoms with E-state index >= 15 is 0 Å². The Kier molecular flexibility index (Phi) is 4.60. The van der Waals surface area contributed by atoms with Gasteiger partial charge in [-0.15, -0.1) is 0 Å². The normalized spacial score (nSPS) is 17.4. The first-order valence-corrected chi connectivity index (χ1v) is 8.06. The van der Waals surface area contributed by atoms with E-state index < -0.39 is 12.0 Å². The van der Waals surface area contributed by atoms with Gasteiger partial charge >= 0.3 is 0 Å². The molecule has 0 bridgehead atoms. The average Bonchev–Trinajstić information content (AvgIpc) is 2.54. The van der Waals surface area contributed by atoms with Crippen LogP contribution in [0.25, 0.3) is 10.9 Å². The Morgan fingerprint density at radius 3 is 2.77 bits per heavy atom. The lowest BCUT2D eigenvalue weighted by Crippen LogP contribution is -2.39. The van der Waals surface area contributed by atoms with Crippen molar-refractivity contribution >= 4 is 28.4 Å². The Morgan fingerprint density at radius 2 is 2.00 bits per heavy atom. The van der Waals surface area contributed by atoms with Crippen molar-refractivity contribution in [2.24, 2.45) is 0 Å². The minimum atomic E-state index is -1.29. The van der Waals surface area contributed by atoms with Crippen molar-refractivity contribution < 1.29 is 9.90 Å². The molecule has 1 unspecified atom stereocenters. The highest BCUT2D eigenvalue weighted by Crippen LogP contribution is 2.26. The molecular formula is C17H19ClN2O2. The molecule has 5 heteroatoms. The van der Waals surface area contributed by atoms with E-state index in [0.717, 1.165) is 36.6 Å². The van der Waals surface area contributed by atoms with Gasteiger partial charge in [-0.1, -0.05) is 49.1 Å². The zero-order valence-corrected chi connectivity index (χ0v) is 13.0. The van der Waals surface area contributed by atoms with Gasteiger partial charge in [0.2, 0.25) is 0 Å². The second-order valence-electron chi connectivity index (χ2n) is 5.81. The number of nitrogens with one attached hydrogen (secondary N) is 1. The van der Waals surface area contributed by atoms with E-state index in [1.54, 1.807) is 6.07 Å². The van der Waals surface area contributed by atoms with Crippen LogP contribution in [0.3, 0.4) is 0 Å². The molecule has 4 nitrogen and oxygen atoms in total. The zero-order chi connectivity index (χ0) is 15.5. The molecule has 0 spiro atoms. The highest BCUT2D eigenvalue weighted by atomic mass is 35.5. The molecule has 22 heavy (non-hydrogen) atoms. The fourth-order valence-corrected chi connectivity index (χ4v) is 3.22. The van der Waals surface area contributed by atoms with E-state index in [4.69, 9.17) is 11.6 Å². The minimum Gasteiger partial charge on any atom is -0.378 e. The predicted octanol–water partition coefficient (Wildman–Crippen LogP) is 3.37. The van der Waals surface area contributed by atoms with Crippen molar-refractivity contribution in [3.63, 3.8) is 0 Å². The van der Waals surface area contributed by atoms with Crippen LogP contribution in [0.5, 0.6) is 0 Å². The van der Waals surface area contributed by atoms with Gasteiger partial charge in [-0.3, -0.25) is 4.79 Å². The summed E-state index contributed by atoms with van der Waals surface area (Å²) in [6.45, 7) is 0. The van der Waals surface area contributed by atoms with Crippen molar-refractivity contribution in [2.75, 3.05) is 0 Å². The first-order chi connectivity index (χ1) is 10.6. The van der Waals surface area contributed by atoms with Gasteiger partial charge < -0.3 is 10.4 Å². The molecule has 2 N–H and O–H groups in total. The van der Waals surface area contributed by atoms with Gasteiger partial charge in [0, 0.05) is 17.0 Å². The number of halogens is 1. The smallest absolute Gasteiger partial charge is 0.253 e. The van der Waals surface area contributed by atoms with Gasteiger partial charge in [0.15, 0.2) is 6.10 Å². The van der Waals surface area contributed by atoms with Crippen molar-refractivity contribution in [3.05, 3.63) is 41.0 Å². The number of para-hydroxylation sites is 1. The number of nitrogens with zero attached hydrogens (tertiary/aromatic N) is 1. The summed E-state index contributed by atoms with van der Waals surface area (Å²) in [5, 5.41) is 14.3. The van der Waals surface area contributed by atoms with E-state index in [1.807, 2.05) is 24.3 Å². The number of pyridine rings is 1. The molecule has 1 amide bonds. The summed E-state index contributed by atoms with van der Waals surface area (Å²) in [6, 6.07) is 9.37. The number of benzene rings is 1. The maximum absolute atomic E-state index is 12.3. The highest BCUT2D eigenvalue weighted by Gasteiger charge is 2.24. The summed E-state index contributed by atoms with van der Waals surface area (Å²) >= 11 is 6.13.